The zero-order valence-corrected chi connectivity index (χ0v) is 22.0. The maximum atomic E-state index is 13.5. The standard InChI is InChI=1S/C27H33FN4O4S/c1-34-24-15-20-14-21(26(33)30-23(20)16-25(24)35-2)18-32(17-19-4-6-22(28)7-5-19)27(37)29-8-3-9-31-10-12-36-13-11-31/h4-7,14-16H,3,8-13,17-18H2,1-2H3,(H,29,37)(H,30,33). The van der Waals surface area contributed by atoms with Gasteiger partial charge in [-0.3, -0.25) is 9.69 Å². The minimum Gasteiger partial charge on any atom is -0.493 e. The Morgan fingerprint density at radius 2 is 1.81 bits per heavy atom. The molecule has 1 aliphatic rings. The van der Waals surface area contributed by atoms with Crippen molar-refractivity contribution in [3.63, 3.8) is 0 Å². The molecule has 8 nitrogen and oxygen atoms in total. The summed E-state index contributed by atoms with van der Waals surface area (Å²) in [4.78, 5) is 20.2. The van der Waals surface area contributed by atoms with E-state index in [-0.39, 0.29) is 17.9 Å². The highest BCUT2D eigenvalue weighted by atomic mass is 32.1. The molecule has 0 saturated carbocycles. The molecule has 1 fully saturated rings. The van der Waals surface area contributed by atoms with Crippen molar-refractivity contribution < 1.29 is 18.6 Å². The monoisotopic (exact) mass is 528 g/mol. The van der Waals surface area contributed by atoms with Crippen molar-refractivity contribution in [1.29, 1.82) is 0 Å². The van der Waals surface area contributed by atoms with Gasteiger partial charge >= 0.3 is 0 Å². The SMILES string of the molecule is COc1cc2cc(CN(Cc3ccc(F)cc3)C(=S)NCCCN3CCOCC3)c(=O)[nH]c2cc1OC. The maximum absolute atomic E-state index is 13.5. The topological polar surface area (TPSA) is 79.1 Å². The van der Waals surface area contributed by atoms with Crippen molar-refractivity contribution in [3.8, 4) is 11.5 Å². The summed E-state index contributed by atoms with van der Waals surface area (Å²) in [5.41, 5.74) is 1.89. The minimum absolute atomic E-state index is 0.209. The predicted octanol–water partition coefficient (Wildman–Crippen LogP) is 3.28. The number of nitrogens with zero attached hydrogens (tertiary/aromatic N) is 2. The van der Waals surface area contributed by atoms with Crippen LogP contribution in [0.3, 0.4) is 0 Å². The highest BCUT2D eigenvalue weighted by Crippen LogP contribution is 2.31. The van der Waals surface area contributed by atoms with Gasteiger partial charge in [-0.15, -0.1) is 0 Å². The number of hydrogen-bond acceptors (Lipinski definition) is 6. The van der Waals surface area contributed by atoms with Gasteiger partial charge in [-0.25, -0.2) is 4.39 Å². The fourth-order valence-corrected chi connectivity index (χ4v) is 4.58. The number of halogens is 1. The van der Waals surface area contributed by atoms with Crippen molar-refractivity contribution >= 4 is 28.2 Å². The van der Waals surface area contributed by atoms with Crippen molar-refractivity contribution in [1.82, 2.24) is 20.1 Å². The summed E-state index contributed by atoms with van der Waals surface area (Å²) in [5.74, 6) is 0.821. The van der Waals surface area contributed by atoms with Crippen LogP contribution in [0.4, 0.5) is 4.39 Å². The number of fused-ring (bicyclic) bond motifs is 1. The van der Waals surface area contributed by atoms with Crippen LogP contribution in [0.5, 0.6) is 11.5 Å². The molecule has 10 heteroatoms. The first-order valence-corrected chi connectivity index (χ1v) is 12.7. The lowest BCUT2D eigenvalue weighted by Crippen LogP contribution is -2.42. The van der Waals surface area contributed by atoms with E-state index in [4.69, 9.17) is 26.4 Å². The van der Waals surface area contributed by atoms with E-state index in [1.165, 1.54) is 12.1 Å². The van der Waals surface area contributed by atoms with E-state index in [0.29, 0.717) is 40.8 Å². The Bertz CT molecular complexity index is 1260. The minimum atomic E-state index is -0.297. The number of ether oxygens (including phenoxy) is 3. The molecule has 2 aromatic carbocycles. The molecule has 0 unspecified atom stereocenters. The molecule has 0 spiro atoms. The number of nitrogens with one attached hydrogen (secondary N) is 2. The van der Waals surface area contributed by atoms with Crippen LogP contribution < -0.4 is 20.3 Å². The van der Waals surface area contributed by atoms with Crippen LogP contribution in [0.2, 0.25) is 0 Å². The number of pyridine rings is 1. The number of thiocarbonyl (C=S) groups is 1. The average Bonchev–Trinajstić information content (AvgIpc) is 2.92. The van der Waals surface area contributed by atoms with E-state index >= 15 is 0 Å². The average molecular weight is 529 g/mol. The van der Waals surface area contributed by atoms with Gasteiger partial charge in [0, 0.05) is 43.2 Å². The number of rotatable bonds is 10. The molecule has 0 amide bonds. The number of morpholine rings is 1. The summed E-state index contributed by atoms with van der Waals surface area (Å²) in [6, 6.07) is 11.7. The highest BCUT2D eigenvalue weighted by Gasteiger charge is 2.16. The lowest BCUT2D eigenvalue weighted by atomic mass is 10.1. The van der Waals surface area contributed by atoms with Crippen molar-refractivity contribution in [2.45, 2.75) is 19.5 Å². The molecule has 1 saturated heterocycles. The predicted molar refractivity (Wildman–Crippen MR) is 146 cm³/mol. The second-order valence-corrected chi connectivity index (χ2v) is 9.33. The molecule has 0 bridgehead atoms. The molecular formula is C27H33FN4O4S. The van der Waals surface area contributed by atoms with Crippen LogP contribution in [0.25, 0.3) is 10.9 Å². The van der Waals surface area contributed by atoms with E-state index in [2.05, 4.69) is 15.2 Å². The van der Waals surface area contributed by atoms with E-state index in [1.807, 2.05) is 17.0 Å². The van der Waals surface area contributed by atoms with Crippen molar-refractivity contribution in [2.24, 2.45) is 0 Å². The number of hydrogen-bond donors (Lipinski definition) is 2. The molecule has 4 rings (SSSR count). The molecule has 2 heterocycles. The fourth-order valence-electron chi connectivity index (χ4n) is 4.35. The largest absolute Gasteiger partial charge is 0.493 e. The molecule has 0 aliphatic carbocycles. The first-order valence-electron chi connectivity index (χ1n) is 12.3. The third-order valence-electron chi connectivity index (χ3n) is 6.39. The molecule has 198 valence electrons. The van der Waals surface area contributed by atoms with E-state index in [0.717, 1.165) is 50.2 Å². The summed E-state index contributed by atoms with van der Waals surface area (Å²) >= 11 is 5.74. The molecule has 1 aliphatic heterocycles. The Morgan fingerprint density at radius 3 is 2.51 bits per heavy atom. The summed E-state index contributed by atoms with van der Waals surface area (Å²) in [6.45, 7) is 5.83. The zero-order valence-electron chi connectivity index (χ0n) is 21.2. The van der Waals surface area contributed by atoms with Gasteiger partial charge in [-0.1, -0.05) is 12.1 Å². The Labute approximate surface area is 221 Å². The van der Waals surface area contributed by atoms with Crippen LogP contribution in [0.15, 0.2) is 47.3 Å². The summed E-state index contributed by atoms with van der Waals surface area (Å²) in [5, 5.41) is 4.70. The first kappa shape index (κ1) is 26.8. The quantitative estimate of drug-likeness (QED) is 0.307. The summed E-state index contributed by atoms with van der Waals surface area (Å²) in [6.07, 6.45) is 0.933. The first-order chi connectivity index (χ1) is 18.0. The van der Waals surface area contributed by atoms with Gasteiger partial charge in [0.15, 0.2) is 16.6 Å². The summed E-state index contributed by atoms with van der Waals surface area (Å²) < 4.78 is 29.7. The van der Waals surface area contributed by atoms with Gasteiger partial charge in [0.1, 0.15) is 5.82 Å². The number of methoxy groups -OCH3 is 2. The Kier molecular flexibility index (Phi) is 9.32. The number of aromatic amines is 1. The lowest BCUT2D eigenvalue weighted by Gasteiger charge is -2.28. The second kappa shape index (κ2) is 12.8. The van der Waals surface area contributed by atoms with Crippen LogP contribution in [-0.4, -0.2) is 73.5 Å². The molecule has 1 aromatic heterocycles. The molecular weight excluding hydrogens is 495 g/mol. The zero-order chi connectivity index (χ0) is 26.2. The van der Waals surface area contributed by atoms with E-state index in [9.17, 15) is 9.18 Å². The van der Waals surface area contributed by atoms with Gasteiger partial charge in [-0.05, 0) is 55.0 Å². The van der Waals surface area contributed by atoms with Crippen molar-refractivity contribution in [3.05, 3.63) is 69.8 Å². The van der Waals surface area contributed by atoms with Crippen LogP contribution in [-0.2, 0) is 17.8 Å². The van der Waals surface area contributed by atoms with Crippen LogP contribution in [0, 0.1) is 5.82 Å². The number of benzene rings is 2. The normalized spacial score (nSPS) is 13.9. The fraction of sp³-hybridized carbons (Fsp3) is 0.407. The van der Waals surface area contributed by atoms with Gasteiger partial charge in [-0.2, -0.15) is 0 Å². The Hall–Kier alpha value is -3.21. The van der Waals surface area contributed by atoms with E-state index in [1.54, 1.807) is 32.4 Å². The second-order valence-electron chi connectivity index (χ2n) is 8.94. The molecule has 0 atom stereocenters. The Morgan fingerprint density at radius 1 is 1.11 bits per heavy atom. The lowest BCUT2D eigenvalue weighted by molar-refractivity contribution is 0.0376. The van der Waals surface area contributed by atoms with Crippen LogP contribution in [0.1, 0.15) is 17.5 Å². The van der Waals surface area contributed by atoms with Crippen LogP contribution >= 0.6 is 12.2 Å². The Balaban J connectivity index is 1.50. The van der Waals surface area contributed by atoms with Gasteiger partial charge < -0.3 is 29.4 Å². The summed E-state index contributed by atoms with van der Waals surface area (Å²) in [7, 11) is 3.13. The molecule has 0 radical (unpaired) electrons. The highest BCUT2D eigenvalue weighted by molar-refractivity contribution is 7.80. The third kappa shape index (κ3) is 7.18. The smallest absolute Gasteiger partial charge is 0.253 e. The van der Waals surface area contributed by atoms with Crippen molar-refractivity contribution in [2.75, 3.05) is 53.6 Å². The van der Waals surface area contributed by atoms with E-state index < -0.39 is 0 Å². The third-order valence-corrected chi connectivity index (χ3v) is 6.79. The van der Waals surface area contributed by atoms with Gasteiger partial charge in [0.25, 0.3) is 5.56 Å². The van der Waals surface area contributed by atoms with Gasteiger partial charge in [0.05, 0.1) is 39.5 Å². The maximum Gasteiger partial charge on any atom is 0.253 e. The molecule has 37 heavy (non-hydrogen) atoms. The molecule has 2 N–H and O–H groups in total. The number of H-pyrrole nitrogens is 1. The van der Waals surface area contributed by atoms with Gasteiger partial charge in [0.2, 0.25) is 0 Å². The number of aromatic nitrogens is 1. The molecule has 3 aromatic rings.